The Hall–Kier alpha value is -3.57. The number of ether oxygens (including phenoxy) is 3. The molecule has 164 valence electrons. The van der Waals surface area contributed by atoms with Crippen LogP contribution in [0, 0.1) is 0 Å². The van der Waals surface area contributed by atoms with Crippen molar-refractivity contribution in [3.63, 3.8) is 0 Å². The zero-order chi connectivity index (χ0) is 22.1. The van der Waals surface area contributed by atoms with Crippen LogP contribution in [0.1, 0.15) is 0 Å². The van der Waals surface area contributed by atoms with Crippen LogP contribution >= 0.6 is 0 Å². The highest BCUT2D eigenvalue weighted by Crippen LogP contribution is 2.33. The lowest BCUT2D eigenvalue weighted by molar-refractivity contribution is -0.0473. The summed E-state index contributed by atoms with van der Waals surface area (Å²) in [5.74, 6) is 1.58. The molecule has 0 bridgehead atoms. The van der Waals surface area contributed by atoms with E-state index in [0.717, 1.165) is 22.9 Å². The molecule has 4 rings (SSSR count). The minimum absolute atomic E-state index is 0.405. The van der Waals surface area contributed by atoms with Crippen molar-refractivity contribution in [1.29, 1.82) is 0 Å². The lowest BCUT2D eigenvalue weighted by atomic mass is 9.97. The monoisotopic (exact) mass is 428 g/mol. The molecule has 0 saturated heterocycles. The fraction of sp³-hybridized carbons (Fsp3) is 0.222. The maximum Gasteiger partial charge on any atom is 0.162 e. The Bertz CT molecular complexity index is 983. The topological polar surface area (TPSA) is 43.3 Å². The van der Waals surface area contributed by atoms with E-state index in [9.17, 15) is 0 Å². The van der Waals surface area contributed by atoms with Crippen molar-refractivity contribution in [3.05, 3.63) is 103 Å². The Morgan fingerprint density at radius 3 is 2.00 bits per heavy atom. The van der Waals surface area contributed by atoms with E-state index in [2.05, 4.69) is 34.2 Å². The molecule has 0 spiro atoms. The average molecular weight is 429 g/mol. The molecule has 0 fully saturated rings. The molecule has 1 atom stereocenters. The predicted molar refractivity (Wildman–Crippen MR) is 129 cm³/mol. The number of methoxy groups -OCH3 is 1. The molecule has 0 aliphatic carbocycles. The molecule has 0 saturated carbocycles. The molecule has 0 N–H and O–H groups in total. The second kappa shape index (κ2) is 10.6. The summed E-state index contributed by atoms with van der Waals surface area (Å²) < 4.78 is 18.1. The smallest absolute Gasteiger partial charge is 0.162 e. The van der Waals surface area contributed by atoms with Crippen molar-refractivity contribution in [2.75, 3.05) is 38.3 Å². The maximum absolute atomic E-state index is 6.50. The second-order valence-electron chi connectivity index (χ2n) is 7.49. The van der Waals surface area contributed by atoms with Gasteiger partial charge < -0.3 is 19.1 Å². The fourth-order valence-electron chi connectivity index (χ4n) is 3.81. The van der Waals surface area contributed by atoms with E-state index in [-0.39, 0.29) is 0 Å². The van der Waals surface area contributed by atoms with Gasteiger partial charge in [-0.2, -0.15) is 0 Å². The Labute approximate surface area is 189 Å². The van der Waals surface area contributed by atoms with Gasteiger partial charge in [-0.3, -0.25) is 4.99 Å². The largest absolute Gasteiger partial charge is 0.498 e. The van der Waals surface area contributed by atoms with Gasteiger partial charge in [-0.25, -0.2) is 0 Å². The Balaban J connectivity index is 1.57. The van der Waals surface area contributed by atoms with Crippen molar-refractivity contribution in [3.8, 4) is 5.75 Å². The van der Waals surface area contributed by atoms with Crippen LogP contribution in [-0.2, 0) is 9.47 Å². The average Bonchev–Trinajstić information content (AvgIpc) is 2.87. The third kappa shape index (κ3) is 5.18. The van der Waals surface area contributed by atoms with Gasteiger partial charge in [0.25, 0.3) is 0 Å². The van der Waals surface area contributed by atoms with E-state index in [4.69, 9.17) is 14.2 Å². The first-order chi connectivity index (χ1) is 15.8. The molecule has 1 unspecified atom stereocenters. The summed E-state index contributed by atoms with van der Waals surface area (Å²) in [6, 6.07) is 30.3. The van der Waals surface area contributed by atoms with E-state index < -0.39 is 5.60 Å². The number of hydrogen-bond donors (Lipinski definition) is 0. The third-order valence-electron chi connectivity index (χ3n) is 5.37. The zero-order valence-corrected chi connectivity index (χ0v) is 18.3. The highest BCUT2D eigenvalue weighted by Gasteiger charge is 2.40. The molecular weight excluding hydrogens is 400 g/mol. The first-order valence-corrected chi connectivity index (χ1v) is 10.7. The minimum Gasteiger partial charge on any atom is -0.498 e. The minimum atomic E-state index is -0.741. The molecule has 5 nitrogen and oxygen atoms in total. The molecule has 0 radical (unpaired) electrons. The fourth-order valence-corrected chi connectivity index (χ4v) is 3.81. The summed E-state index contributed by atoms with van der Waals surface area (Å²) in [7, 11) is 1.68. The van der Waals surface area contributed by atoms with Crippen molar-refractivity contribution in [2.45, 2.75) is 5.60 Å². The quantitative estimate of drug-likeness (QED) is 0.413. The lowest BCUT2D eigenvalue weighted by Crippen LogP contribution is -2.50. The first-order valence-electron chi connectivity index (χ1n) is 10.7. The van der Waals surface area contributed by atoms with E-state index >= 15 is 0 Å². The number of anilines is 2. The van der Waals surface area contributed by atoms with Gasteiger partial charge in [-0.15, -0.1) is 0 Å². The Morgan fingerprint density at radius 2 is 1.41 bits per heavy atom. The van der Waals surface area contributed by atoms with Crippen molar-refractivity contribution < 1.29 is 14.2 Å². The van der Waals surface area contributed by atoms with Gasteiger partial charge in [-0.05, 0) is 42.5 Å². The van der Waals surface area contributed by atoms with Crippen LogP contribution in [0.15, 0.2) is 108 Å². The molecule has 3 aromatic carbocycles. The van der Waals surface area contributed by atoms with Crippen LogP contribution in [0.25, 0.3) is 0 Å². The van der Waals surface area contributed by atoms with Crippen molar-refractivity contribution >= 4 is 17.6 Å². The highest BCUT2D eigenvalue weighted by atomic mass is 16.6. The molecule has 1 heterocycles. The number of benzene rings is 3. The van der Waals surface area contributed by atoms with E-state index in [1.54, 1.807) is 13.3 Å². The number of rotatable bonds is 10. The SMILES string of the molecule is COC1=CC=NCC1(CN(c1ccccc1)c1ccccc1)OCCOc1ccccc1. The number of dihydropyridines is 1. The van der Waals surface area contributed by atoms with Crippen LogP contribution in [0.3, 0.4) is 0 Å². The number of para-hydroxylation sites is 3. The van der Waals surface area contributed by atoms with Gasteiger partial charge in [0.15, 0.2) is 5.60 Å². The van der Waals surface area contributed by atoms with Crippen LogP contribution in [0.2, 0.25) is 0 Å². The first kappa shape index (κ1) is 21.7. The normalized spacial score (nSPS) is 17.5. The molecule has 32 heavy (non-hydrogen) atoms. The molecular formula is C27H28N2O3. The van der Waals surface area contributed by atoms with Crippen LogP contribution in [-0.4, -0.2) is 45.2 Å². The molecule has 1 aliphatic rings. The standard InChI is InChI=1S/C27H28N2O3/c1-30-26-17-18-28-21-27(26,32-20-19-31-25-15-9-4-10-16-25)22-29(23-11-5-2-6-12-23)24-13-7-3-8-14-24/h2-18H,19-22H2,1H3. The summed E-state index contributed by atoms with van der Waals surface area (Å²) in [5, 5.41) is 0. The highest BCUT2D eigenvalue weighted by molar-refractivity contribution is 5.74. The van der Waals surface area contributed by atoms with Gasteiger partial charge in [-0.1, -0.05) is 54.6 Å². The summed E-state index contributed by atoms with van der Waals surface area (Å²) in [6.45, 7) is 1.85. The predicted octanol–water partition coefficient (Wildman–Crippen LogP) is 5.27. The van der Waals surface area contributed by atoms with Crippen molar-refractivity contribution in [2.24, 2.45) is 4.99 Å². The number of nitrogens with zero attached hydrogens (tertiary/aromatic N) is 2. The van der Waals surface area contributed by atoms with Gasteiger partial charge >= 0.3 is 0 Å². The summed E-state index contributed by atoms with van der Waals surface area (Å²) in [5.41, 5.74) is 1.41. The van der Waals surface area contributed by atoms with Crippen LogP contribution < -0.4 is 9.64 Å². The molecule has 3 aromatic rings. The lowest BCUT2D eigenvalue weighted by Gasteiger charge is -2.40. The number of allylic oxidation sites excluding steroid dienone is 1. The van der Waals surface area contributed by atoms with Gasteiger partial charge in [0.2, 0.25) is 0 Å². The van der Waals surface area contributed by atoms with E-state index in [1.165, 1.54) is 0 Å². The third-order valence-corrected chi connectivity index (χ3v) is 5.37. The summed E-state index contributed by atoms with van der Waals surface area (Å²) >= 11 is 0. The van der Waals surface area contributed by atoms with E-state index in [0.29, 0.717) is 26.3 Å². The Morgan fingerprint density at radius 1 is 0.812 bits per heavy atom. The van der Waals surface area contributed by atoms with Gasteiger partial charge in [0, 0.05) is 17.6 Å². The van der Waals surface area contributed by atoms with Gasteiger partial charge in [0.05, 0.1) is 26.8 Å². The van der Waals surface area contributed by atoms with Crippen molar-refractivity contribution in [1.82, 2.24) is 0 Å². The number of aliphatic imine (C=N–C) groups is 1. The van der Waals surface area contributed by atoms with E-state index in [1.807, 2.05) is 72.8 Å². The number of hydrogen-bond acceptors (Lipinski definition) is 5. The second-order valence-corrected chi connectivity index (χ2v) is 7.49. The van der Waals surface area contributed by atoms with Crippen LogP contribution in [0.5, 0.6) is 5.75 Å². The molecule has 5 heteroatoms. The molecule has 0 amide bonds. The zero-order valence-electron chi connectivity index (χ0n) is 18.3. The summed E-state index contributed by atoms with van der Waals surface area (Å²) in [6.07, 6.45) is 3.66. The van der Waals surface area contributed by atoms with Gasteiger partial charge in [0.1, 0.15) is 18.1 Å². The van der Waals surface area contributed by atoms with Crippen LogP contribution in [0.4, 0.5) is 11.4 Å². The molecule has 1 aliphatic heterocycles. The Kier molecular flexibility index (Phi) is 7.20. The maximum atomic E-state index is 6.50. The summed E-state index contributed by atoms with van der Waals surface area (Å²) in [4.78, 5) is 6.77. The molecule has 0 aromatic heterocycles.